The predicted octanol–water partition coefficient (Wildman–Crippen LogP) is 13.3. The zero-order chi connectivity index (χ0) is 34.2. The van der Waals surface area contributed by atoms with Crippen molar-refractivity contribution in [1.29, 1.82) is 0 Å². The van der Waals surface area contributed by atoms with Gasteiger partial charge in [0.2, 0.25) is 0 Å². The number of allylic oxidation sites excluding steroid dienone is 1. The van der Waals surface area contributed by atoms with Crippen LogP contribution in [0.25, 0.3) is 94.1 Å². The van der Waals surface area contributed by atoms with E-state index in [1.807, 2.05) is 0 Å². The van der Waals surface area contributed by atoms with E-state index < -0.39 is 0 Å². The quantitative estimate of drug-likeness (QED) is 0.177. The Morgan fingerprint density at radius 3 is 1.54 bits per heavy atom. The molecule has 0 spiro atoms. The molecular weight excluding hydrogens is 629 g/mol. The molecule has 0 unspecified atom stereocenters. The molecule has 2 nitrogen and oxygen atoms in total. The van der Waals surface area contributed by atoms with E-state index in [0.717, 1.165) is 12.8 Å². The van der Waals surface area contributed by atoms with Gasteiger partial charge in [0.1, 0.15) is 0 Å². The molecule has 0 N–H and O–H groups in total. The number of benzene rings is 8. The van der Waals surface area contributed by atoms with Crippen molar-refractivity contribution in [3.8, 4) is 33.6 Å². The van der Waals surface area contributed by atoms with Crippen LogP contribution in [0, 0.1) is 0 Å². The van der Waals surface area contributed by atoms with E-state index in [4.69, 9.17) is 0 Å². The van der Waals surface area contributed by atoms with E-state index in [1.165, 1.54) is 99.1 Å². The molecule has 52 heavy (non-hydrogen) atoms. The van der Waals surface area contributed by atoms with Crippen molar-refractivity contribution in [3.05, 3.63) is 187 Å². The first-order chi connectivity index (χ1) is 25.8. The fraction of sp³-hybridized carbons (Fsp3) is 0.0400. The lowest BCUT2D eigenvalue weighted by Gasteiger charge is -2.14. The number of nitrogens with zero attached hydrogens (tertiary/aromatic N) is 2. The molecular formula is C50H34N2. The maximum Gasteiger partial charge on any atom is 0.0541 e. The van der Waals surface area contributed by atoms with Gasteiger partial charge in [-0.15, -0.1) is 0 Å². The van der Waals surface area contributed by atoms with Crippen LogP contribution in [0.1, 0.15) is 17.5 Å². The number of para-hydroxylation sites is 2. The van der Waals surface area contributed by atoms with E-state index in [-0.39, 0.29) is 0 Å². The second-order valence-corrected chi connectivity index (χ2v) is 14.1. The maximum absolute atomic E-state index is 2.43. The van der Waals surface area contributed by atoms with Crippen LogP contribution >= 0.6 is 0 Å². The van der Waals surface area contributed by atoms with Gasteiger partial charge in [-0.05, 0) is 118 Å². The maximum atomic E-state index is 2.43. The largest absolute Gasteiger partial charge is 0.309 e. The Morgan fingerprint density at radius 1 is 0.365 bits per heavy atom. The van der Waals surface area contributed by atoms with Crippen LogP contribution in [0.2, 0.25) is 0 Å². The van der Waals surface area contributed by atoms with Gasteiger partial charge in [-0.25, -0.2) is 0 Å². The molecule has 2 heterocycles. The number of hydrogen-bond donors (Lipinski definition) is 0. The van der Waals surface area contributed by atoms with Gasteiger partial charge < -0.3 is 9.13 Å². The number of fused-ring (bicyclic) bond motifs is 8. The number of rotatable bonds is 4. The number of hydrogen-bond acceptors (Lipinski definition) is 0. The highest BCUT2D eigenvalue weighted by atomic mass is 15.0. The van der Waals surface area contributed by atoms with Crippen LogP contribution in [-0.2, 0) is 6.42 Å². The summed E-state index contributed by atoms with van der Waals surface area (Å²) in [7, 11) is 0. The SMILES string of the molecule is C1=Cc2ccc(-n3c4ccccc4c4cc(-c5ccc(-c6ccc7c(c6)c6ccccc6n7-c6ccc7ccccc7c6)cc5)ccc43)cc2CC1. The minimum atomic E-state index is 1.10. The molecule has 0 saturated carbocycles. The average Bonchev–Trinajstić information content (AvgIpc) is 3.73. The van der Waals surface area contributed by atoms with Gasteiger partial charge in [-0.1, -0.05) is 121 Å². The second kappa shape index (κ2) is 11.4. The normalized spacial score (nSPS) is 12.8. The Balaban J connectivity index is 0.977. The van der Waals surface area contributed by atoms with E-state index >= 15 is 0 Å². The summed E-state index contributed by atoms with van der Waals surface area (Å²) in [4.78, 5) is 0. The zero-order valence-corrected chi connectivity index (χ0v) is 28.6. The molecule has 0 atom stereocenters. The lowest BCUT2D eigenvalue weighted by Crippen LogP contribution is -1.99. The van der Waals surface area contributed by atoms with Crippen molar-refractivity contribution in [1.82, 2.24) is 9.13 Å². The molecule has 1 aliphatic rings. The molecule has 10 aromatic rings. The summed E-state index contributed by atoms with van der Waals surface area (Å²) in [6.45, 7) is 0. The van der Waals surface area contributed by atoms with E-state index in [9.17, 15) is 0 Å². The van der Waals surface area contributed by atoms with Gasteiger partial charge in [0.25, 0.3) is 0 Å². The third-order valence-electron chi connectivity index (χ3n) is 11.2. The molecule has 11 rings (SSSR count). The molecule has 0 aliphatic heterocycles. The Bertz CT molecular complexity index is 3060. The summed E-state index contributed by atoms with van der Waals surface area (Å²) in [6.07, 6.45) is 6.74. The highest BCUT2D eigenvalue weighted by molar-refractivity contribution is 6.12. The van der Waals surface area contributed by atoms with Gasteiger partial charge in [0, 0.05) is 32.9 Å². The molecule has 0 saturated heterocycles. The molecule has 0 amide bonds. The van der Waals surface area contributed by atoms with Gasteiger partial charge in [-0.2, -0.15) is 0 Å². The minimum Gasteiger partial charge on any atom is -0.309 e. The molecule has 0 fully saturated rings. The fourth-order valence-corrected chi connectivity index (χ4v) is 8.59. The minimum absolute atomic E-state index is 1.10. The second-order valence-electron chi connectivity index (χ2n) is 14.1. The highest BCUT2D eigenvalue weighted by Gasteiger charge is 2.16. The van der Waals surface area contributed by atoms with E-state index in [2.05, 4.69) is 191 Å². The third-order valence-corrected chi connectivity index (χ3v) is 11.2. The van der Waals surface area contributed by atoms with Crippen molar-refractivity contribution in [3.63, 3.8) is 0 Å². The van der Waals surface area contributed by atoms with Crippen molar-refractivity contribution < 1.29 is 0 Å². The van der Waals surface area contributed by atoms with Crippen LogP contribution in [0.15, 0.2) is 176 Å². The van der Waals surface area contributed by atoms with E-state index in [0.29, 0.717) is 0 Å². The Hall–Kier alpha value is -6.64. The summed E-state index contributed by atoms with van der Waals surface area (Å²) in [5.74, 6) is 0. The van der Waals surface area contributed by atoms with Crippen molar-refractivity contribution >= 4 is 60.5 Å². The summed E-state index contributed by atoms with van der Waals surface area (Å²) in [5.41, 5.74) is 15.0. The van der Waals surface area contributed by atoms with Crippen molar-refractivity contribution in [2.45, 2.75) is 12.8 Å². The monoisotopic (exact) mass is 662 g/mol. The Kier molecular flexibility index (Phi) is 6.41. The lowest BCUT2D eigenvalue weighted by molar-refractivity contribution is 0.979. The topological polar surface area (TPSA) is 9.86 Å². The smallest absolute Gasteiger partial charge is 0.0541 e. The fourth-order valence-electron chi connectivity index (χ4n) is 8.59. The van der Waals surface area contributed by atoms with Crippen LogP contribution in [-0.4, -0.2) is 9.13 Å². The first kappa shape index (κ1) is 29.1. The summed E-state index contributed by atoms with van der Waals surface area (Å²) < 4.78 is 4.84. The first-order valence-corrected chi connectivity index (χ1v) is 18.2. The van der Waals surface area contributed by atoms with Crippen LogP contribution in [0.4, 0.5) is 0 Å². The number of aryl methyl sites for hydroxylation is 1. The van der Waals surface area contributed by atoms with Crippen LogP contribution in [0.3, 0.4) is 0 Å². The standard InChI is InChI=1S/C50H34N2/c1-3-11-37-29-41(25-21-33(37)9-1)51-47-15-7-5-13-43(47)45-31-39(23-27-49(45)51)35-17-19-36(20-18-35)40-24-28-50-46(32-40)44-14-6-8-16-48(44)52(50)42-26-22-34-10-2-4-12-38(34)30-42/h1-3,5-11,13-32H,4,12H2. The first-order valence-electron chi connectivity index (χ1n) is 18.2. The molecule has 8 aromatic carbocycles. The predicted molar refractivity (Wildman–Crippen MR) is 221 cm³/mol. The molecule has 0 radical (unpaired) electrons. The Labute approximate surface area is 302 Å². The molecule has 0 bridgehead atoms. The van der Waals surface area contributed by atoms with E-state index in [1.54, 1.807) is 0 Å². The van der Waals surface area contributed by atoms with Gasteiger partial charge in [0.05, 0.1) is 22.1 Å². The van der Waals surface area contributed by atoms with Gasteiger partial charge in [0.15, 0.2) is 0 Å². The molecule has 244 valence electrons. The molecule has 2 heteroatoms. The number of aromatic nitrogens is 2. The summed E-state index contributed by atoms with van der Waals surface area (Å²) >= 11 is 0. The van der Waals surface area contributed by atoms with Gasteiger partial charge in [-0.3, -0.25) is 0 Å². The molecule has 1 aliphatic carbocycles. The third kappa shape index (κ3) is 4.51. The van der Waals surface area contributed by atoms with Crippen LogP contribution < -0.4 is 0 Å². The summed E-state index contributed by atoms with van der Waals surface area (Å²) in [5, 5.41) is 7.60. The Morgan fingerprint density at radius 2 is 0.885 bits per heavy atom. The van der Waals surface area contributed by atoms with Crippen molar-refractivity contribution in [2.24, 2.45) is 0 Å². The average molecular weight is 663 g/mol. The molecule has 2 aromatic heterocycles. The van der Waals surface area contributed by atoms with Crippen LogP contribution in [0.5, 0.6) is 0 Å². The van der Waals surface area contributed by atoms with Crippen molar-refractivity contribution in [2.75, 3.05) is 0 Å². The lowest BCUT2D eigenvalue weighted by atomic mass is 9.97. The zero-order valence-electron chi connectivity index (χ0n) is 28.6. The summed E-state index contributed by atoms with van der Waals surface area (Å²) in [6, 6.07) is 62.8. The highest BCUT2D eigenvalue weighted by Crippen LogP contribution is 2.38. The van der Waals surface area contributed by atoms with Gasteiger partial charge >= 0.3 is 0 Å².